The Morgan fingerprint density at radius 3 is 2.38 bits per heavy atom. The highest BCUT2D eigenvalue weighted by molar-refractivity contribution is 7.92. The number of amides is 1. The molecule has 1 atom stereocenters. The number of hydrogen-bond acceptors (Lipinski definition) is 4. The van der Waals surface area contributed by atoms with Gasteiger partial charge in [-0.2, -0.15) is 0 Å². The minimum atomic E-state index is -3.58. The number of rotatable bonds is 7. The second-order valence-corrected chi connectivity index (χ2v) is 8.08. The number of benzene rings is 2. The van der Waals surface area contributed by atoms with E-state index in [4.69, 9.17) is 4.74 Å². The summed E-state index contributed by atoms with van der Waals surface area (Å²) in [6, 6.07) is 14.1. The minimum Gasteiger partial charge on any atom is -0.497 e. The number of methoxy groups -OCH3 is 1. The zero-order valence-electron chi connectivity index (χ0n) is 15.4. The highest BCUT2D eigenvalue weighted by atomic mass is 32.2. The number of hydrogen-bond donors (Lipinski definition) is 1. The molecule has 26 heavy (non-hydrogen) atoms. The molecule has 0 aliphatic heterocycles. The summed E-state index contributed by atoms with van der Waals surface area (Å²) in [6.07, 6.45) is 1.09. The molecule has 0 aliphatic rings. The van der Waals surface area contributed by atoms with Gasteiger partial charge < -0.3 is 10.1 Å². The van der Waals surface area contributed by atoms with E-state index in [2.05, 4.69) is 5.32 Å². The van der Waals surface area contributed by atoms with Crippen LogP contribution in [0.4, 0.5) is 5.69 Å². The van der Waals surface area contributed by atoms with E-state index in [-0.39, 0.29) is 18.5 Å². The zero-order chi connectivity index (χ0) is 19.3. The van der Waals surface area contributed by atoms with Gasteiger partial charge in [-0.05, 0) is 49.2 Å². The molecule has 0 bridgehead atoms. The van der Waals surface area contributed by atoms with Crippen molar-refractivity contribution in [2.75, 3.05) is 24.2 Å². The second-order valence-electron chi connectivity index (χ2n) is 6.17. The molecule has 2 rings (SSSR count). The van der Waals surface area contributed by atoms with Gasteiger partial charge in [0, 0.05) is 0 Å². The van der Waals surface area contributed by atoms with E-state index >= 15 is 0 Å². The lowest BCUT2D eigenvalue weighted by molar-refractivity contribution is -0.120. The van der Waals surface area contributed by atoms with E-state index < -0.39 is 10.0 Å². The van der Waals surface area contributed by atoms with Gasteiger partial charge in [0.1, 0.15) is 12.3 Å². The molecular formula is C19H24N2O4S. The average Bonchev–Trinajstić information content (AvgIpc) is 2.58. The van der Waals surface area contributed by atoms with Crippen LogP contribution in [0.1, 0.15) is 24.1 Å². The third-order valence-electron chi connectivity index (χ3n) is 3.97. The van der Waals surface area contributed by atoms with Gasteiger partial charge in [-0.25, -0.2) is 8.42 Å². The Morgan fingerprint density at radius 1 is 1.19 bits per heavy atom. The second kappa shape index (κ2) is 8.23. The van der Waals surface area contributed by atoms with Crippen molar-refractivity contribution in [2.45, 2.75) is 19.9 Å². The fourth-order valence-electron chi connectivity index (χ4n) is 2.58. The summed E-state index contributed by atoms with van der Waals surface area (Å²) in [4.78, 5) is 12.4. The SMILES string of the molecule is COc1ccc(C(C)NC(=O)CN(c2cccc(C)c2)S(C)(=O)=O)cc1. The third-order valence-corrected chi connectivity index (χ3v) is 5.11. The highest BCUT2D eigenvalue weighted by Crippen LogP contribution is 2.20. The predicted molar refractivity (Wildman–Crippen MR) is 103 cm³/mol. The van der Waals surface area contributed by atoms with Gasteiger partial charge in [-0.3, -0.25) is 9.10 Å². The number of nitrogens with zero attached hydrogens (tertiary/aromatic N) is 1. The number of carbonyl (C=O) groups excluding carboxylic acids is 1. The van der Waals surface area contributed by atoms with Crippen molar-refractivity contribution in [3.05, 3.63) is 59.7 Å². The monoisotopic (exact) mass is 376 g/mol. The Kier molecular flexibility index (Phi) is 6.26. The standard InChI is InChI=1S/C19H24N2O4S/c1-14-6-5-7-17(12-14)21(26(4,23)24)13-19(22)20-15(2)16-8-10-18(25-3)11-9-16/h5-12,15H,13H2,1-4H3,(H,20,22). The van der Waals surface area contributed by atoms with Crippen LogP contribution in [0, 0.1) is 6.92 Å². The van der Waals surface area contributed by atoms with Crippen LogP contribution in [-0.2, 0) is 14.8 Å². The van der Waals surface area contributed by atoms with E-state index in [0.717, 1.165) is 27.4 Å². The zero-order valence-corrected chi connectivity index (χ0v) is 16.2. The molecule has 140 valence electrons. The number of anilines is 1. The summed E-state index contributed by atoms with van der Waals surface area (Å²) >= 11 is 0. The molecular weight excluding hydrogens is 352 g/mol. The summed E-state index contributed by atoms with van der Waals surface area (Å²) in [5.41, 5.74) is 2.29. The van der Waals surface area contributed by atoms with Crippen LogP contribution in [0.3, 0.4) is 0 Å². The van der Waals surface area contributed by atoms with Crippen LogP contribution in [0.15, 0.2) is 48.5 Å². The van der Waals surface area contributed by atoms with Crippen molar-refractivity contribution in [3.63, 3.8) is 0 Å². The Balaban J connectivity index is 2.11. The molecule has 7 heteroatoms. The molecule has 2 aromatic rings. The lowest BCUT2D eigenvalue weighted by Gasteiger charge is -2.23. The van der Waals surface area contributed by atoms with Crippen molar-refractivity contribution in [2.24, 2.45) is 0 Å². The smallest absolute Gasteiger partial charge is 0.241 e. The molecule has 1 unspecified atom stereocenters. The fourth-order valence-corrected chi connectivity index (χ4v) is 3.42. The normalized spacial score (nSPS) is 12.3. The molecule has 0 spiro atoms. The van der Waals surface area contributed by atoms with Crippen molar-refractivity contribution < 1.29 is 17.9 Å². The fraction of sp³-hybridized carbons (Fsp3) is 0.316. The summed E-state index contributed by atoms with van der Waals surface area (Å²) in [5, 5.41) is 2.83. The van der Waals surface area contributed by atoms with Gasteiger partial charge in [0.2, 0.25) is 15.9 Å². The topological polar surface area (TPSA) is 75.7 Å². The molecule has 0 saturated heterocycles. The Labute approximate surface area is 154 Å². The van der Waals surface area contributed by atoms with Crippen LogP contribution in [-0.4, -0.2) is 34.2 Å². The predicted octanol–water partition coefficient (Wildman–Crippen LogP) is 2.65. The maximum atomic E-state index is 12.4. The van der Waals surface area contributed by atoms with Crippen molar-refractivity contribution in [1.29, 1.82) is 0 Å². The first-order chi connectivity index (χ1) is 12.2. The van der Waals surface area contributed by atoms with E-state index in [9.17, 15) is 13.2 Å². The molecule has 1 N–H and O–H groups in total. The molecule has 0 aromatic heterocycles. The van der Waals surface area contributed by atoms with E-state index in [1.807, 2.05) is 44.2 Å². The molecule has 0 saturated carbocycles. The Hall–Kier alpha value is -2.54. The van der Waals surface area contributed by atoms with Gasteiger partial charge in [0.15, 0.2) is 0 Å². The first-order valence-electron chi connectivity index (χ1n) is 8.18. The average molecular weight is 376 g/mol. The molecule has 0 radical (unpaired) electrons. The van der Waals surface area contributed by atoms with Gasteiger partial charge in [-0.15, -0.1) is 0 Å². The Bertz CT molecular complexity index is 863. The van der Waals surface area contributed by atoms with Gasteiger partial charge in [-0.1, -0.05) is 24.3 Å². The maximum absolute atomic E-state index is 12.4. The van der Waals surface area contributed by atoms with Crippen LogP contribution in [0.5, 0.6) is 5.75 Å². The van der Waals surface area contributed by atoms with Gasteiger partial charge in [0.05, 0.1) is 25.1 Å². The molecule has 0 fully saturated rings. The van der Waals surface area contributed by atoms with Crippen LogP contribution in [0.2, 0.25) is 0 Å². The van der Waals surface area contributed by atoms with E-state index in [1.165, 1.54) is 0 Å². The number of aryl methyl sites for hydroxylation is 1. The molecule has 2 aromatic carbocycles. The lowest BCUT2D eigenvalue weighted by Crippen LogP contribution is -2.41. The van der Waals surface area contributed by atoms with E-state index in [0.29, 0.717) is 5.69 Å². The number of sulfonamides is 1. The molecule has 0 aliphatic carbocycles. The van der Waals surface area contributed by atoms with Crippen molar-refractivity contribution >= 4 is 21.6 Å². The summed E-state index contributed by atoms with van der Waals surface area (Å²) in [6.45, 7) is 3.44. The summed E-state index contributed by atoms with van der Waals surface area (Å²) in [7, 11) is -1.99. The number of ether oxygens (including phenoxy) is 1. The maximum Gasteiger partial charge on any atom is 0.241 e. The van der Waals surface area contributed by atoms with Gasteiger partial charge in [0.25, 0.3) is 0 Å². The number of nitrogens with one attached hydrogen (secondary N) is 1. The summed E-state index contributed by atoms with van der Waals surface area (Å²) in [5.74, 6) is 0.357. The summed E-state index contributed by atoms with van der Waals surface area (Å²) < 4.78 is 30.5. The molecule has 1 amide bonds. The van der Waals surface area contributed by atoms with Crippen molar-refractivity contribution in [1.82, 2.24) is 5.32 Å². The largest absolute Gasteiger partial charge is 0.497 e. The van der Waals surface area contributed by atoms with Crippen LogP contribution < -0.4 is 14.4 Å². The molecule has 0 heterocycles. The third kappa shape index (κ3) is 5.23. The first-order valence-corrected chi connectivity index (χ1v) is 10.0. The minimum absolute atomic E-state index is 0.257. The molecule has 6 nitrogen and oxygen atoms in total. The number of carbonyl (C=O) groups is 1. The van der Waals surface area contributed by atoms with Gasteiger partial charge >= 0.3 is 0 Å². The quantitative estimate of drug-likeness (QED) is 0.806. The van der Waals surface area contributed by atoms with Crippen molar-refractivity contribution in [3.8, 4) is 5.75 Å². The van der Waals surface area contributed by atoms with Crippen LogP contribution >= 0.6 is 0 Å². The van der Waals surface area contributed by atoms with Crippen LogP contribution in [0.25, 0.3) is 0 Å². The first kappa shape index (κ1) is 19.8. The van der Waals surface area contributed by atoms with E-state index in [1.54, 1.807) is 25.3 Å². The highest BCUT2D eigenvalue weighted by Gasteiger charge is 2.22. The Morgan fingerprint density at radius 2 is 1.85 bits per heavy atom. The lowest BCUT2D eigenvalue weighted by atomic mass is 10.1.